The van der Waals surface area contributed by atoms with Gasteiger partial charge in [-0.1, -0.05) is 17.7 Å². The number of hydrogen-bond acceptors (Lipinski definition) is 4. The van der Waals surface area contributed by atoms with Gasteiger partial charge in [-0.25, -0.2) is 0 Å². The van der Waals surface area contributed by atoms with Crippen molar-refractivity contribution in [1.29, 1.82) is 0 Å². The number of hydrogen-bond donors (Lipinski definition) is 0. The topological polar surface area (TPSA) is 64.7 Å². The number of nitro groups is 1. The second-order valence-corrected chi connectivity index (χ2v) is 4.33. The molecule has 0 fully saturated rings. The summed E-state index contributed by atoms with van der Waals surface area (Å²) in [5, 5.41) is 11.1. The first-order valence-electron chi connectivity index (χ1n) is 5.72. The number of rotatable bonds is 4. The summed E-state index contributed by atoms with van der Waals surface area (Å²) in [6, 6.07) is 11.4. The van der Waals surface area contributed by atoms with Crippen molar-refractivity contribution in [1.82, 2.24) is 0 Å². The molecular formula is C14H11ClN2O3. The number of nitrogens with zero attached hydrogens (tertiary/aromatic N) is 2. The summed E-state index contributed by atoms with van der Waals surface area (Å²) < 4.78 is 5.09. The van der Waals surface area contributed by atoms with Crippen LogP contribution in [0.4, 0.5) is 11.4 Å². The van der Waals surface area contributed by atoms with Crippen LogP contribution in [0.1, 0.15) is 5.56 Å². The van der Waals surface area contributed by atoms with Gasteiger partial charge in [0.2, 0.25) is 0 Å². The van der Waals surface area contributed by atoms with Crippen LogP contribution in [0.2, 0.25) is 5.02 Å². The SMILES string of the molecule is COc1cccc(N=Cc2cc([N+](=O)[O-])ccc2Cl)c1. The monoisotopic (exact) mass is 290 g/mol. The molecule has 0 aliphatic heterocycles. The van der Waals surface area contributed by atoms with E-state index >= 15 is 0 Å². The predicted molar refractivity (Wildman–Crippen MR) is 78.4 cm³/mol. The van der Waals surface area contributed by atoms with Gasteiger partial charge in [0.1, 0.15) is 5.75 Å². The molecule has 0 aliphatic rings. The standard InChI is InChI=1S/C14H11ClN2O3/c1-20-13-4-2-3-11(8-13)16-9-10-7-12(17(18)19)5-6-14(10)15/h2-9H,1H3. The summed E-state index contributed by atoms with van der Waals surface area (Å²) in [6.07, 6.45) is 1.49. The smallest absolute Gasteiger partial charge is 0.270 e. The van der Waals surface area contributed by atoms with Crippen molar-refractivity contribution >= 4 is 29.2 Å². The van der Waals surface area contributed by atoms with Gasteiger partial charge in [0.05, 0.1) is 17.7 Å². The van der Waals surface area contributed by atoms with Gasteiger partial charge in [0.15, 0.2) is 0 Å². The van der Waals surface area contributed by atoms with Crippen molar-refractivity contribution in [2.75, 3.05) is 7.11 Å². The summed E-state index contributed by atoms with van der Waals surface area (Å²) >= 11 is 5.99. The van der Waals surface area contributed by atoms with E-state index in [1.807, 2.05) is 0 Å². The molecule has 0 aliphatic carbocycles. The Morgan fingerprint density at radius 3 is 2.80 bits per heavy atom. The fourth-order valence-corrected chi connectivity index (χ4v) is 1.74. The van der Waals surface area contributed by atoms with E-state index in [0.29, 0.717) is 22.0 Å². The van der Waals surface area contributed by atoms with Crippen molar-refractivity contribution in [2.24, 2.45) is 4.99 Å². The van der Waals surface area contributed by atoms with Crippen LogP contribution in [0, 0.1) is 10.1 Å². The molecule has 0 N–H and O–H groups in total. The zero-order chi connectivity index (χ0) is 14.5. The lowest BCUT2D eigenvalue weighted by Gasteiger charge is -2.01. The lowest BCUT2D eigenvalue weighted by molar-refractivity contribution is -0.384. The van der Waals surface area contributed by atoms with Crippen LogP contribution >= 0.6 is 11.6 Å². The third kappa shape index (κ3) is 3.33. The molecule has 5 nitrogen and oxygen atoms in total. The van der Waals surface area contributed by atoms with Crippen LogP contribution in [0.15, 0.2) is 47.5 Å². The number of methoxy groups -OCH3 is 1. The predicted octanol–water partition coefficient (Wildman–Crippen LogP) is 4.01. The van der Waals surface area contributed by atoms with E-state index in [0.717, 1.165) is 0 Å². The molecule has 0 unspecified atom stereocenters. The van der Waals surface area contributed by atoms with Gasteiger partial charge in [-0.15, -0.1) is 0 Å². The van der Waals surface area contributed by atoms with Gasteiger partial charge in [0, 0.05) is 35.0 Å². The van der Waals surface area contributed by atoms with E-state index < -0.39 is 4.92 Å². The molecule has 0 amide bonds. The minimum atomic E-state index is -0.473. The molecule has 2 rings (SSSR count). The minimum absolute atomic E-state index is 0.0264. The van der Waals surface area contributed by atoms with Gasteiger partial charge in [-0.3, -0.25) is 15.1 Å². The van der Waals surface area contributed by atoms with Crippen molar-refractivity contribution in [2.45, 2.75) is 0 Å². The highest BCUT2D eigenvalue weighted by molar-refractivity contribution is 6.33. The van der Waals surface area contributed by atoms with Crippen LogP contribution in [0.5, 0.6) is 5.75 Å². The van der Waals surface area contributed by atoms with E-state index in [1.165, 1.54) is 24.4 Å². The average molecular weight is 291 g/mol. The fraction of sp³-hybridized carbons (Fsp3) is 0.0714. The Morgan fingerprint density at radius 2 is 2.10 bits per heavy atom. The van der Waals surface area contributed by atoms with Crippen LogP contribution in [-0.4, -0.2) is 18.2 Å². The van der Waals surface area contributed by atoms with E-state index in [4.69, 9.17) is 16.3 Å². The number of non-ortho nitro benzene ring substituents is 1. The van der Waals surface area contributed by atoms with Gasteiger partial charge >= 0.3 is 0 Å². The van der Waals surface area contributed by atoms with Gasteiger partial charge in [0.25, 0.3) is 5.69 Å². The zero-order valence-electron chi connectivity index (χ0n) is 10.6. The minimum Gasteiger partial charge on any atom is -0.497 e. The summed E-state index contributed by atoms with van der Waals surface area (Å²) in [5.41, 5.74) is 1.14. The molecule has 0 bridgehead atoms. The number of nitro benzene ring substituents is 1. The Kier molecular flexibility index (Phi) is 4.32. The number of aliphatic imine (C=N–C) groups is 1. The maximum atomic E-state index is 10.7. The molecule has 102 valence electrons. The summed E-state index contributed by atoms with van der Waals surface area (Å²) in [6.45, 7) is 0. The van der Waals surface area contributed by atoms with Gasteiger partial charge < -0.3 is 4.74 Å². The third-order valence-electron chi connectivity index (χ3n) is 2.60. The molecule has 0 saturated heterocycles. The molecule has 20 heavy (non-hydrogen) atoms. The molecule has 6 heteroatoms. The Bertz CT molecular complexity index is 671. The number of benzene rings is 2. The maximum absolute atomic E-state index is 10.7. The molecule has 0 spiro atoms. The quantitative estimate of drug-likeness (QED) is 0.485. The summed E-state index contributed by atoms with van der Waals surface area (Å²) in [4.78, 5) is 14.5. The normalized spacial score (nSPS) is 10.7. The van der Waals surface area contributed by atoms with Gasteiger partial charge in [-0.2, -0.15) is 0 Å². The first-order chi connectivity index (χ1) is 9.60. The zero-order valence-corrected chi connectivity index (χ0v) is 11.4. The number of halogens is 1. The Balaban J connectivity index is 2.30. The molecule has 0 atom stereocenters. The van der Waals surface area contributed by atoms with Gasteiger partial charge in [-0.05, 0) is 18.2 Å². The van der Waals surface area contributed by atoms with Crippen molar-refractivity contribution in [3.63, 3.8) is 0 Å². The third-order valence-corrected chi connectivity index (χ3v) is 2.94. The fourth-order valence-electron chi connectivity index (χ4n) is 1.58. The Morgan fingerprint density at radius 1 is 1.30 bits per heavy atom. The Labute approximate surface area is 120 Å². The lowest BCUT2D eigenvalue weighted by Crippen LogP contribution is -1.90. The van der Waals surface area contributed by atoms with Crippen molar-refractivity contribution in [3.8, 4) is 5.75 Å². The second kappa shape index (κ2) is 6.16. The highest BCUT2D eigenvalue weighted by Crippen LogP contribution is 2.23. The Hall–Kier alpha value is -2.40. The van der Waals surface area contributed by atoms with E-state index in [-0.39, 0.29) is 5.69 Å². The molecule has 0 saturated carbocycles. The molecule has 0 radical (unpaired) electrons. The first kappa shape index (κ1) is 14.0. The summed E-state index contributed by atoms with van der Waals surface area (Å²) in [5.74, 6) is 0.685. The second-order valence-electron chi connectivity index (χ2n) is 3.92. The van der Waals surface area contributed by atoms with Crippen LogP contribution in [0.25, 0.3) is 0 Å². The van der Waals surface area contributed by atoms with Crippen LogP contribution < -0.4 is 4.74 Å². The van der Waals surface area contributed by atoms with Crippen LogP contribution in [0.3, 0.4) is 0 Å². The summed E-state index contributed by atoms with van der Waals surface area (Å²) in [7, 11) is 1.57. The first-order valence-corrected chi connectivity index (χ1v) is 6.10. The van der Waals surface area contributed by atoms with E-state index in [1.54, 1.807) is 31.4 Å². The average Bonchev–Trinajstić information content (AvgIpc) is 2.46. The van der Waals surface area contributed by atoms with Crippen molar-refractivity contribution < 1.29 is 9.66 Å². The lowest BCUT2D eigenvalue weighted by atomic mass is 10.2. The van der Waals surface area contributed by atoms with Crippen LogP contribution in [-0.2, 0) is 0 Å². The highest BCUT2D eigenvalue weighted by Gasteiger charge is 2.08. The molecule has 2 aromatic carbocycles. The molecule has 2 aromatic rings. The van der Waals surface area contributed by atoms with Crippen molar-refractivity contribution in [3.05, 3.63) is 63.2 Å². The molecule has 0 aromatic heterocycles. The molecule has 0 heterocycles. The van der Waals surface area contributed by atoms with E-state index in [2.05, 4.69) is 4.99 Å². The molecular weight excluding hydrogens is 280 g/mol. The maximum Gasteiger partial charge on any atom is 0.270 e. The van der Waals surface area contributed by atoms with E-state index in [9.17, 15) is 10.1 Å². The number of ether oxygens (including phenoxy) is 1. The largest absolute Gasteiger partial charge is 0.497 e. The highest BCUT2D eigenvalue weighted by atomic mass is 35.5.